The van der Waals surface area contributed by atoms with Gasteiger partial charge >= 0.3 is 0 Å². The van der Waals surface area contributed by atoms with E-state index in [1.165, 1.54) is 25.7 Å². The summed E-state index contributed by atoms with van der Waals surface area (Å²) < 4.78 is 13.3. The fraction of sp³-hybridized carbons (Fsp3) is 1.00. The van der Waals surface area contributed by atoms with Gasteiger partial charge in [-0.3, -0.25) is 0 Å². The molecule has 11 heavy (non-hydrogen) atoms. The molecule has 2 rings (SSSR count). The molecule has 0 saturated heterocycles. The predicted molar refractivity (Wildman–Crippen MR) is 44.4 cm³/mol. The van der Waals surface area contributed by atoms with E-state index in [-0.39, 0.29) is 11.8 Å². The van der Waals surface area contributed by atoms with E-state index in [9.17, 15) is 4.39 Å². The van der Waals surface area contributed by atoms with Gasteiger partial charge in [-0.2, -0.15) is 0 Å². The summed E-state index contributed by atoms with van der Waals surface area (Å²) in [5, 5.41) is -1.30. The van der Waals surface area contributed by atoms with E-state index >= 15 is 0 Å². The maximum Gasteiger partial charge on any atom is 0.190 e. The summed E-state index contributed by atoms with van der Waals surface area (Å²) in [7, 11) is 0. The lowest BCUT2D eigenvalue weighted by Gasteiger charge is -2.03. The number of alkyl halides is 2. The molecule has 2 heteroatoms. The Balaban J connectivity index is 1.95. The van der Waals surface area contributed by atoms with E-state index in [0.717, 1.165) is 12.8 Å². The van der Waals surface area contributed by atoms with E-state index in [1.807, 2.05) is 0 Å². The second-order valence-electron chi connectivity index (χ2n) is 3.88. The van der Waals surface area contributed by atoms with Crippen molar-refractivity contribution in [2.24, 2.45) is 11.8 Å². The average Bonchev–Trinajstić information content (AvgIpc) is 2.29. The number of hydrogen-bond acceptors (Lipinski definition) is 0. The van der Waals surface area contributed by atoms with Crippen LogP contribution in [0, 0.1) is 11.8 Å². The summed E-state index contributed by atoms with van der Waals surface area (Å²) in [5.74, 6) is 0.397. The van der Waals surface area contributed by atoms with Crippen molar-refractivity contribution in [3.63, 3.8) is 0 Å². The molecule has 2 fully saturated rings. The maximum atomic E-state index is 13.3. The Kier molecular flexibility index (Phi) is 1.87. The molecular formula is C9H14ClF. The highest BCUT2D eigenvalue weighted by molar-refractivity contribution is 6.25. The lowest BCUT2D eigenvalue weighted by atomic mass is 10.0. The molecule has 0 aromatic heterocycles. The zero-order valence-corrected chi connectivity index (χ0v) is 7.41. The second-order valence-corrected chi connectivity index (χ2v) is 4.46. The molecule has 2 saturated carbocycles. The van der Waals surface area contributed by atoms with Crippen LogP contribution in [0.25, 0.3) is 0 Å². The fourth-order valence-corrected chi connectivity index (χ4v) is 2.79. The molecule has 0 aromatic rings. The molecule has 0 spiro atoms. The molecule has 0 nitrogen and oxygen atoms in total. The van der Waals surface area contributed by atoms with Crippen LogP contribution in [0.3, 0.4) is 0 Å². The third kappa shape index (κ3) is 1.28. The van der Waals surface area contributed by atoms with Crippen molar-refractivity contribution < 1.29 is 4.39 Å². The monoisotopic (exact) mass is 176 g/mol. The third-order valence-corrected chi connectivity index (χ3v) is 3.71. The summed E-state index contributed by atoms with van der Waals surface area (Å²) in [4.78, 5) is 0. The summed E-state index contributed by atoms with van der Waals surface area (Å²) in [6, 6.07) is 0. The van der Waals surface area contributed by atoms with Gasteiger partial charge in [0.05, 0.1) is 0 Å². The minimum atomic E-state index is -1.30. The quantitative estimate of drug-likeness (QED) is 0.496. The van der Waals surface area contributed by atoms with Gasteiger partial charge in [-0.15, -0.1) is 0 Å². The van der Waals surface area contributed by atoms with Crippen molar-refractivity contribution in [1.82, 2.24) is 0 Å². The van der Waals surface area contributed by atoms with Crippen molar-refractivity contribution in [3.05, 3.63) is 0 Å². The van der Waals surface area contributed by atoms with Crippen LogP contribution < -0.4 is 0 Å². The van der Waals surface area contributed by atoms with Crippen molar-refractivity contribution in [3.8, 4) is 0 Å². The Hall–Kier alpha value is 0.220. The number of fused-ring (bicyclic) bond motifs is 1. The molecular weight excluding hydrogens is 163 g/mol. The topological polar surface area (TPSA) is 0 Å². The van der Waals surface area contributed by atoms with E-state index in [0.29, 0.717) is 0 Å². The minimum absolute atomic E-state index is 0.199. The van der Waals surface area contributed by atoms with Crippen molar-refractivity contribution >= 4 is 11.6 Å². The summed E-state index contributed by atoms with van der Waals surface area (Å²) in [6.07, 6.45) is 6.95. The molecule has 1 unspecified atom stereocenters. The van der Waals surface area contributed by atoms with Gasteiger partial charge in [0.1, 0.15) is 0 Å². The van der Waals surface area contributed by atoms with Gasteiger partial charge < -0.3 is 0 Å². The molecule has 0 bridgehead atoms. The van der Waals surface area contributed by atoms with E-state index in [2.05, 4.69) is 0 Å². The largest absolute Gasteiger partial charge is 0.226 e. The lowest BCUT2D eigenvalue weighted by Crippen LogP contribution is -1.91. The van der Waals surface area contributed by atoms with Gasteiger partial charge in [0.2, 0.25) is 0 Å². The third-order valence-electron chi connectivity index (χ3n) is 3.15. The van der Waals surface area contributed by atoms with Gasteiger partial charge in [-0.1, -0.05) is 37.3 Å². The Labute approximate surface area is 72.1 Å². The molecule has 3 atom stereocenters. The van der Waals surface area contributed by atoms with Crippen LogP contribution in [0.4, 0.5) is 4.39 Å². The van der Waals surface area contributed by atoms with E-state index in [1.54, 1.807) is 0 Å². The van der Waals surface area contributed by atoms with Gasteiger partial charge in [-0.25, -0.2) is 4.39 Å². The normalized spacial score (nSPS) is 50.7. The molecule has 0 N–H and O–H groups in total. The molecule has 2 aliphatic rings. The van der Waals surface area contributed by atoms with Crippen LogP contribution in [0.15, 0.2) is 0 Å². The lowest BCUT2D eigenvalue weighted by molar-refractivity contribution is 0.371. The van der Waals surface area contributed by atoms with Crippen molar-refractivity contribution in [2.45, 2.75) is 43.7 Å². The number of rotatable bonds is 0. The fourth-order valence-electron chi connectivity index (χ4n) is 2.33. The second kappa shape index (κ2) is 2.62. The number of hydrogen-bond donors (Lipinski definition) is 0. The molecule has 0 aromatic carbocycles. The summed E-state index contributed by atoms with van der Waals surface area (Å²) in [5.41, 5.74) is 0. The standard InChI is InChI=1S/C9H14ClF/c10-9(11)7-5-3-1-2-4-6-8(7)9/h7-8H,1-6H2/t7-,8+,9?. The predicted octanol–water partition coefficient (Wildman–Crippen LogP) is 3.49. The van der Waals surface area contributed by atoms with Crippen LogP contribution in [0.2, 0.25) is 0 Å². The zero-order chi connectivity index (χ0) is 7.90. The molecule has 0 radical (unpaired) electrons. The molecule has 0 aliphatic heterocycles. The molecule has 0 heterocycles. The first kappa shape index (κ1) is 7.85. The SMILES string of the molecule is FC1(Cl)[C@@H]2CCCCCC[C@@H]21. The van der Waals surface area contributed by atoms with Crippen LogP contribution in [0.5, 0.6) is 0 Å². The van der Waals surface area contributed by atoms with Crippen LogP contribution in [-0.4, -0.2) is 5.13 Å². The average molecular weight is 177 g/mol. The van der Waals surface area contributed by atoms with Crippen LogP contribution in [-0.2, 0) is 0 Å². The maximum absolute atomic E-state index is 13.3. The first-order valence-corrected chi connectivity index (χ1v) is 4.98. The molecule has 64 valence electrons. The highest BCUT2D eigenvalue weighted by Crippen LogP contribution is 2.62. The first-order valence-electron chi connectivity index (χ1n) is 4.61. The summed E-state index contributed by atoms with van der Waals surface area (Å²) in [6.45, 7) is 0. The van der Waals surface area contributed by atoms with Gasteiger partial charge in [-0.05, 0) is 12.8 Å². The van der Waals surface area contributed by atoms with E-state index in [4.69, 9.17) is 11.6 Å². The van der Waals surface area contributed by atoms with Crippen molar-refractivity contribution in [2.75, 3.05) is 0 Å². The number of halogens is 2. The molecule has 2 aliphatic carbocycles. The molecule has 0 amide bonds. The summed E-state index contributed by atoms with van der Waals surface area (Å²) >= 11 is 5.69. The Bertz CT molecular complexity index is 140. The smallest absolute Gasteiger partial charge is 0.190 e. The van der Waals surface area contributed by atoms with Crippen LogP contribution in [0.1, 0.15) is 38.5 Å². The van der Waals surface area contributed by atoms with E-state index < -0.39 is 5.13 Å². The first-order chi connectivity index (χ1) is 5.23. The van der Waals surface area contributed by atoms with Crippen molar-refractivity contribution in [1.29, 1.82) is 0 Å². The minimum Gasteiger partial charge on any atom is -0.226 e. The Morgan fingerprint density at radius 3 is 1.91 bits per heavy atom. The van der Waals surface area contributed by atoms with Gasteiger partial charge in [0.25, 0.3) is 0 Å². The zero-order valence-electron chi connectivity index (χ0n) is 6.65. The Morgan fingerprint density at radius 1 is 1.00 bits per heavy atom. The Morgan fingerprint density at radius 2 is 1.45 bits per heavy atom. The highest BCUT2D eigenvalue weighted by atomic mass is 35.5. The van der Waals surface area contributed by atoms with Gasteiger partial charge in [0, 0.05) is 11.8 Å². The van der Waals surface area contributed by atoms with Gasteiger partial charge in [0.15, 0.2) is 5.13 Å². The highest BCUT2D eigenvalue weighted by Gasteiger charge is 2.63. The van der Waals surface area contributed by atoms with Crippen LogP contribution >= 0.6 is 11.6 Å².